The molecule has 0 aliphatic carbocycles. The normalized spacial score (nSPS) is 22.2. The van der Waals surface area contributed by atoms with Gasteiger partial charge in [-0.05, 0) is 26.0 Å². The summed E-state index contributed by atoms with van der Waals surface area (Å²) in [6.07, 6.45) is 2.90. The Morgan fingerprint density at radius 2 is 2.44 bits per heavy atom. The van der Waals surface area contributed by atoms with E-state index in [1.54, 1.807) is 4.68 Å². The highest BCUT2D eigenvalue weighted by Crippen LogP contribution is 2.07. The first kappa shape index (κ1) is 11.1. The number of aromatic nitrogens is 2. The lowest BCUT2D eigenvalue weighted by atomic mass is 10.3. The molecular weight excluding hydrogens is 204 g/mol. The lowest BCUT2D eigenvalue weighted by molar-refractivity contribution is -0.132. The molecule has 0 saturated carbocycles. The van der Waals surface area contributed by atoms with Crippen molar-refractivity contribution in [3.63, 3.8) is 0 Å². The van der Waals surface area contributed by atoms with Crippen molar-refractivity contribution < 1.29 is 4.79 Å². The van der Waals surface area contributed by atoms with Crippen LogP contribution < -0.4 is 5.32 Å². The van der Waals surface area contributed by atoms with Gasteiger partial charge in [0.25, 0.3) is 0 Å². The van der Waals surface area contributed by atoms with Gasteiger partial charge in [-0.2, -0.15) is 5.10 Å². The summed E-state index contributed by atoms with van der Waals surface area (Å²) >= 11 is 0. The molecule has 1 aliphatic rings. The number of rotatable bonds is 2. The third-order valence-corrected chi connectivity index (χ3v) is 2.86. The summed E-state index contributed by atoms with van der Waals surface area (Å²) < 4.78 is 1.76. The molecule has 16 heavy (non-hydrogen) atoms. The number of nitrogens with one attached hydrogen (secondary N) is 1. The van der Waals surface area contributed by atoms with Gasteiger partial charge in [-0.15, -0.1) is 0 Å². The highest BCUT2D eigenvalue weighted by Gasteiger charge is 2.23. The Balaban J connectivity index is 2.04. The summed E-state index contributed by atoms with van der Waals surface area (Å²) in [7, 11) is 1.89. The smallest absolute Gasteiger partial charge is 0.239 e. The minimum Gasteiger partial charge on any atom is -0.335 e. The molecule has 1 aromatic rings. The molecule has 2 rings (SSSR count). The summed E-state index contributed by atoms with van der Waals surface area (Å²) in [5.74, 6) is 0.170. The second kappa shape index (κ2) is 4.65. The van der Waals surface area contributed by atoms with E-state index < -0.39 is 0 Å². The number of aryl methyl sites for hydroxylation is 1. The van der Waals surface area contributed by atoms with Crippen molar-refractivity contribution in [1.82, 2.24) is 20.0 Å². The zero-order valence-electron chi connectivity index (χ0n) is 9.81. The molecule has 1 amide bonds. The number of hydrogen-bond donors (Lipinski definition) is 1. The second-order valence-corrected chi connectivity index (χ2v) is 4.27. The number of nitrogens with zero attached hydrogens (tertiary/aromatic N) is 3. The predicted octanol–water partition coefficient (Wildman–Crippen LogP) is 0.130. The Morgan fingerprint density at radius 3 is 3.12 bits per heavy atom. The van der Waals surface area contributed by atoms with Crippen molar-refractivity contribution >= 4 is 5.91 Å². The fourth-order valence-electron chi connectivity index (χ4n) is 1.96. The van der Waals surface area contributed by atoms with Crippen molar-refractivity contribution in [2.45, 2.75) is 25.9 Å². The van der Waals surface area contributed by atoms with Crippen molar-refractivity contribution in [1.29, 1.82) is 0 Å². The Labute approximate surface area is 95.4 Å². The van der Waals surface area contributed by atoms with Crippen LogP contribution in [0.4, 0.5) is 0 Å². The molecule has 1 aliphatic heterocycles. The summed E-state index contributed by atoms with van der Waals surface area (Å²) in [4.78, 5) is 13.9. The van der Waals surface area contributed by atoms with Gasteiger partial charge < -0.3 is 10.2 Å². The van der Waals surface area contributed by atoms with Crippen molar-refractivity contribution in [3.05, 3.63) is 18.0 Å². The second-order valence-electron chi connectivity index (χ2n) is 4.27. The molecule has 0 bridgehead atoms. The van der Waals surface area contributed by atoms with Crippen LogP contribution in [0.1, 0.15) is 19.0 Å². The first-order valence-electron chi connectivity index (χ1n) is 5.67. The SMILES string of the molecule is CC1NCCCN(Cc2ccn(C)n2)C1=O. The molecule has 5 heteroatoms. The molecule has 0 radical (unpaired) electrons. The fourth-order valence-corrected chi connectivity index (χ4v) is 1.96. The van der Waals surface area contributed by atoms with Gasteiger partial charge in [0.2, 0.25) is 5.91 Å². The van der Waals surface area contributed by atoms with Crippen LogP contribution >= 0.6 is 0 Å². The maximum absolute atomic E-state index is 12.0. The zero-order valence-corrected chi connectivity index (χ0v) is 9.81. The molecular formula is C11H18N4O. The van der Waals surface area contributed by atoms with Gasteiger partial charge in [-0.1, -0.05) is 0 Å². The van der Waals surface area contributed by atoms with Crippen molar-refractivity contribution in [2.24, 2.45) is 7.05 Å². The highest BCUT2D eigenvalue weighted by atomic mass is 16.2. The lowest BCUT2D eigenvalue weighted by Gasteiger charge is -2.21. The third-order valence-electron chi connectivity index (χ3n) is 2.86. The number of carbonyl (C=O) groups excluding carboxylic acids is 1. The Kier molecular flexibility index (Phi) is 3.24. The minimum absolute atomic E-state index is 0.0776. The summed E-state index contributed by atoms with van der Waals surface area (Å²) in [5.41, 5.74) is 0.949. The molecule has 1 atom stereocenters. The van der Waals surface area contributed by atoms with Crippen LogP contribution in [-0.2, 0) is 18.4 Å². The van der Waals surface area contributed by atoms with Gasteiger partial charge >= 0.3 is 0 Å². The summed E-state index contributed by atoms with van der Waals surface area (Å²) in [5, 5.41) is 7.50. The van der Waals surface area contributed by atoms with Crippen molar-refractivity contribution in [3.8, 4) is 0 Å². The third kappa shape index (κ3) is 2.41. The van der Waals surface area contributed by atoms with E-state index in [-0.39, 0.29) is 11.9 Å². The maximum atomic E-state index is 12.0. The van der Waals surface area contributed by atoms with Crippen LogP contribution in [0.25, 0.3) is 0 Å². The van der Waals surface area contributed by atoms with Crippen LogP contribution in [0.15, 0.2) is 12.3 Å². The van der Waals surface area contributed by atoms with Crippen LogP contribution in [0.2, 0.25) is 0 Å². The van der Waals surface area contributed by atoms with E-state index in [0.717, 1.165) is 25.2 Å². The largest absolute Gasteiger partial charge is 0.335 e. The van der Waals surface area contributed by atoms with Gasteiger partial charge in [0.15, 0.2) is 0 Å². The van der Waals surface area contributed by atoms with Gasteiger partial charge in [-0.3, -0.25) is 9.48 Å². The van der Waals surface area contributed by atoms with Crippen LogP contribution in [0.3, 0.4) is 0 Å². The van der Waals surface area contributed by atoms with Crippen LogP contribution in [0, 0.1) is 0 Å². The number of carbonyl (C=O) groups is 1. The first-order chi connectivity index (χ1) is 7.66. The summed E-state index contributed by atoms with van der Waals surface area (Å²) in [6, 6.07) is 1.88. The molecule has 1 N–H and O–H groups in total. The maximum Gasteiger partial charge on any atom is 0.239 e. The first-order valence-corrected chi connectivity index (χ1v) is 5.67. The predicted molar refractivity (Wildman–Crippen MR) is 60.7 cm³/mol. The van der Waals surface area contributed by atoms with E-state index in [1.807, 2.05) is 31.1 Å². The molecule has 0 spiro atoms. The van der Waals surface area contributed by atoms with E-state index in [2.05, 4.69) is 10.4 Å². The lowest BCUT2D eigenvalue weighted by Crippen LogP contribution is -2.41. The standard InChI is InChI=1S/C11H18N4O/c1-9-11(16)15(6-3-5-12-9)8-10-4-7-14(2)13-10/h4,7,9,12H,3,5-6,8H2,1-2H3. The Hall–Kier alpha value is -1.36. The molecule has 1 aromatic heterocycles. The van der Waals surface area contributed by atoms with Gasteiger partial charge in [0, 0.05) is 19.8 Å². The van der Waals surface area contributed by atoms with E-state index in [0.29, 0.717) is 6.54 Å². The molecule has 2 heterocycles. The fraction of sp³-hybridized carbons (Fsp3) is 0.636. The molecule has 88 valence electrons. The van der Waals surface area contributed by atoms with E-state index in [1.165, 1.54) is 0 Å². The Bertz CT molecular complexity index is 374. The van der Waals surface area contributed by atoms with E-state index >= 15 is 0 Å². The summed E-state index contributed by atoms with van der Waals surface area (Å²) in [6.45, 7) is 4.25. The molecule has 0 aromatic carbocycles. The van der Waals surface area contributed by atoms with E-state index in [9.17, 15) is 4.79 Å². The highest BCUT2D eigenvalue weighted by molar-refractivity contribution is 5.81. The van der Waals surface area contributed by atoms with Gasteiger partial charge in [0.1, 0.15) is 0 Å². The number of hydrogen-bond acceptors (Lipinski definition) is 3. The van der Waals surface area contributed by atoms with Crippen LogP contribution in [0.5, 0.6) is 0 Å². The van der Waals surface area contributed by atoms with E-state index in [4.69, 9.17) is 0 Å². The molecule has 1 unspecified atom stereocenters. The minimum atomic E-state index is -0.0776. The molecule has 1 fully saturated rings. The molecule has 1 saturated heterocycles. The Morgan fingerprint density at radius 1 is 1.62 bits per heavy atom. The van der Waals surface area contributed by atoms with Crippen LogP contribution in [-0.4, -0.2) is 39.7 Å². The quantitative estimate of drug-likeness (QED) is 0.774. The number of amides is 1. The zero-order chi connectivity index (χ0) is 11.5. The van der Waals surface area contributed by atoms with Gasteiger partial charge in [0.05, 0.1) is 18.3 Å². The average Bonchev–Trinajstić information content (AvgIpc) is 2.60. The molecule has 5 nitrogen and oxygen atoms in total. The topological polar surface area (TPSA) is 50.2 Å². The van der Waals surface area contributed by atoms with Crippen molar-refractivity contribution in [2.75, 3.05) is 13.1 Å². The van der Waals surface area contributed by atoms with Gasteiger partial charge in [-0.25, -0.2) is 0 Å². The monoisotopic (exact) mass is 222 g/mol. The average molecular weight is 222 g/mol.